The zero-order chi connectivity index (χ0) is 22.3. The monoisotopic (exact) mass is 457 g/mol. The van der Waals surface area contributed by atoms with Crippen LogP contribution in [0.3, 0.4) is 0 Å². The number of fused-ring (bicyclic) bond motifs is 1. The predicted octanol–water partition coefficient (Wildman–Crippen LogP) is 6.28. The average Bonchev–Trinajstić information content (AvgIpc) is 3.09. The highest BCUT2D eigenvalue weighted by molar-refractivity contribution is 6.32. The SMILES string of the molecule is O=[N+]([O-])n1c(N2CCCCC2)cc2cc(Oc3c(F)cc(C(F)(F)F)cc3Cl)ccc21. The molecule has 1 aromatic heterocycles. The van der Waals surface area contributed by atoms with Gasteiger partial charge >= 0.3 is 6.18 Å². The second-order valence-corrected chi connectivity index (χ2v) is 7.60. The molecule has 1 fully saturated rings. The first-order valence-corrected chi connectivity index (χ1v) is 9.82. The van der Waals surface area contributed by atoms with Crippen LogP contribution in [0.5, 0.6) is 11.5 Å². The van der Waals surface area contributed by atoms with E-state index in [9.17, 15) is 27.7 Å². The molecule has 6 nitrogen and oxygen atoms in total. The van der Waals surface area contributed by atoms with E-state index in [1.165, 1.54) is 18.2 Å². The van der Waals surface area contributed by atoms with E-state index in [0.717, 1.165) is 23.9 Å². The van der Waals surface area contributed by atoms with Gasteiger partial charge in [-0.15, -0.1) is 0 Å². The van der Waals surface area contributed by atoms with E-state index in [1.807, 2.05) is 4.90 Å². The molecule has 2 aromatic carbocycles. The molecule has 1 saturated heterocycles. The van der Waals surface area contributed by atoms with Crippen molar-refractivity contribution in [1.29, 1.82) is 0 Å². The van der Waals surface area contributed by atoms with Crippen molar-refractivity contribution in [3.05, 3.63) is 62.9 Å². The Morgan fingerprint density at radius 3 is 2.39 bits per heavy atom. The largest absolute Gasteiger partial charge is 0.453 e. The van der Waals surface area contributed by atoms with Crippen molar-refractivity contribution >= 4 is 28.3 Å². The summed E-state index contributed by atoms with van der Waals surface area (Å²) in [4.78, 5) is 13.6. The van der Waals surface area contributed by atoms with Crippen LogP contribution in [0.15, 0.2) is 36.4 Å². The standard InChI is InChI=1S/C20H16ClF4N3O3/c21-15-10-13(20(23,24)25)11-16(22)19(15)31-14-4-5-17-12(8-14)9-18(27(17)28(29)30)26-6-2-1-3-7-26/h4-5,8-11H,1-3,6-7H2. The van der Waals surface area contributed by atoms with Crippen molar-refractivity contribution < 1.29 is 27.3 Å². The first-order valence-electron chi connectivity index (χ1n) is 9.44. The number of nitrogens with zero attached hydrogens (tertiary/aromatic N) is 3. The van der Waals surface area contributed by atoms with Gasteiger partial charge in [-0.05, 0) is 60.3 Å². The summed E-state index contributed by atoms with van der Waals surface area (Å²) in [7, 11) is 0. The number of anilines is 1. The second-order valence-electron chi connectivity index (χ2n) is 7.19. The van der Waals surface area contributed by atoms with Crippen LogP contribution in [-0.2, 0) is 6.18 Å². The molecule has 0 aliphatic carbocycles. The lowest BCUT2D eigenvalue weighted by atomic mass is 10.1. The highest BCUT2D eigenvalue weighted by atomic mass is 35.5. The maximum absolute atomic E-state index is 14.2. The van der Waals surface area contributed by atoms with Gasteiger partial charge in [0, 0.05) is 18.5 Å². The van der Waals surface area contributed by atoms with Crippen molar-refractivity contribution in [3.8, 4) is 11.5 Å². The maximum Gasteiger partial charge on any atom is 0.416 e. The molecule has 0 bridgehead atoms. The number of alkyl halides is 3. The number of aromatic nitrogens is 1. The van der Waals surface area contributed by atoms with Crippen LogP contribution in [0.2, 0.25) is 5.02 Å². The summed E-state index contributed by atoms with van der Waals surface area (Å²) >= 11 is 5.82. The predicted molar refractivity (Wildman–Crippen MR) is 107 cm³/mol. The molecule has 1 aliphatic rings. The summed E-state index contributed by atoms with van der Waals surface area (Å²) in [6.45, 7) is 1.39. The van der Waals surface area contributed by atoms with Gasteiger partial charge in [-0.1, -0.05) is 11.6 Å². The zero-order valence-corrected chi connectivity index (χ0v) is 16.7. The quantitative estimate of drug-likeness (QED) is 0.263. The summed E-state index contributed by atoms with van der Waals surface area (Å²) in [5.74, 6) is -1.31. The number of hydrogen-bond donors (Lipinski definition) is 0. The second kappa shape index (κ2) is 7.92. The highest BCUT2D eigenvalue weighted by Gasteiger charge is 2.33. The van der Waals surface area contributed by atoms with Crippen LogP contribution in [0.1, 0.15) is 24.8 Å². The topological polar surface area (TPSA) is 60.5 Å². The molecular formula is C20H16ClF4N3O3. The van der Waals surface area contributed by atoms with Crippen LogP contribution in [0.4, 0.5) is 23.4 Å². The minimum Gasteiger partial charge on any atom is -0.453 e. The van der Waals surface area contributed by atoms with Gasteiger partial charge in [0.2, 0.25) is 0 Å². The Morgan fingerprint density at radius 2 is 1.77 bits per heavy atom. The first kappa shape index (κ1) is 21.2. The van der Waals surface area contributed by atoms with Crippen LogP contribution >= 0.6 is 11.6 Å². The summed E-state index contributed by atoms with van der Waals surface area (Å²) in [5, 5.41) is 11.1. The van der Waals surface area contributed by atoms with E-state index in [0.29, 0.717) is 41.9 Å². The average molecular weight is 458 g/mol. The summed E-state index contributed by atoms with van der Waals surface area (Å²) in [5.41, 5.74) is -0.913. The molecule has 31 heavy (non-hydrogen) atoms. The minimum absolute atomic E-state index is 0.0822. The van der Waals surface area contributed by atoms with Gasteiger partial charge < -0.3 is 9.64 Å². The molecule has 3 aromatic rings. The Hall–Kier alpha value is -3.01. The van der Waals surface area contributed by atoms with E-state index in [-0.39, 0.29) is 5.75 Å². The first-order chi connectivity index (χ1) is 14.6. The number of nitro groups is 1. The lowest BCUT2D eigenvalue weighted by Crippen LogP contribution is -2.32. The minimum atomic E-state index is -4.75. The van der Waals surface area contributed by atoms with Crippen molar-refractivity contribution in [2.24, 2.45) is 0 Å². The molecular weight excluding hydrogens is 442 g/mol. The van der Waals surface area contributed by atoms with Crippen molar-refractivity contribution in [2.75, 3.05) is 18.0 Å². The van der Waals surface area contributed by atoms with E-state index in [1.54, 1.807) is 6.07 Å². The molecule has 0 N–H and O–H groups in total. The number of ether oxygens (including phenoxy) is 1. The van der Waals surface area contributed by atoms with Crippen molar-refractivity contribution in [2.45, 2.75) is 25.4 Å². The number of piperidine rings is 1. The smallest absolute Gasteiger partial charge is 0.416 e. The molecule has 164 valence electrons. The third-order valence-corrected chi connectivity index (χ3v) is 5.40. The molecule has 0 radical (unpaired) electrons. The van der Waals surface area contributed by atoms with Crippen LogP contribution in [0.25, 0.3) is 10.9 Å². The number of halogens is 5. The van der Waals surface area contributed by atoms with Crippen LogP contribution < -0.4 is 9.64 Å². The van der Waals surface area contributed by atoms with Gasteiger partial charge in [-0.2, -0.15) is 13.2 Å². The van der Waals surface area contributed by atoms with E-state index < -0.39 is 33.4 Å². The summed E-state index contributed by atoms with van der Waals surface area (Å²) in [6.07, 6.45) is -1.83. The van der Waals surface area contributed by atoms with Gasteiger partial charge in [0.05, 0.1) is 10.6 Å². The fourth-order valence-electron chi connectivity index (χ4n) is 3.69. The van der Waals surface area contributed by atoms with Gasteiger partial charge in [0.15, 0.2) is 22.4 Å². The third-order valence-electron chi connectivity index (χ3n) is 5.12. The molecule has 0 atom stereocenters. The zero-order valence-electron chi connectivity index (χ0n) is 16.0. The fraction of sp³-hybridized carbons (Fsp3) is 0.300. The van der Waals surface area contributed by atoms with Crippen LogP contribution in [0, 0.1) is 15.9 Å². The maximum atomic E-state index is 14.2. The molecule has 0 saturated carbocycles. The van der Waals surface area contributed by atoms with Gasteiger partial charge in [-0.3, -0.25) is 0 Å². The molecule has 11 heteroatoms. The normalized spacial score (nSPS) is 14.8. The van der Waals surface area contributed by atoms with Crippen molar-refractivity contribution in [3.63, 3.8) is 0 Å². The Labute approximate surface area is 178 Å². The van der Waals surface area contributed by atoms with Gasteiger partial charge in [0.25, 0.3) is 0 Å². The third kappa shape index (κ3) is 4.12. The van der Waals surface area contributed by atoms with Gasteiger partial charge in [0.1, 0.15) is 11.3 Å². The number of rotatable bonds is 4. The van der Waals surface area contributed by atoms with E-state index in [2.05, 4.69) is 0 Å². The van der Waals surface area contributed by atoms with Crippen molar-refractivity contribution in [1.82, 2.24) is 4.68 Å². The van der Waals surface area contributed by atoms with E-state index >= 15 is 0 Å². The summed E-state index contributed by atoms with van der Waals surface area (Å²) < 4.78 is 59.1. The highest BCUT2D eigenvalue weighted by Crippen LogP contribution is 2.39. The summed E-state index contributed by atoms with van der Waals surface area (Å²) in [6, 6.07) is 6.79. The number of benzene rings is 2. The molecule has 1 aliphatic heterocycles. The Bertz CT molecular complexity index is 1130. The molecule has 0 spiro atoms. The Kier molecular flexibility index (Phi) is 5.42. The molecule has 0 amide bonds. The van der Waals surface area contributed by atoms with Crippen LogP contribution in [-0.4, -0.2) is 22.8 Å². The number of hydrogen-bond acceptors (Lipinski definition) is 4. The van der Waals surface area contributed by atoms with E-state index in [4.69, 9.17) is 16.3 Å². The molecule has 0 unspecified atom stereocenters. The fourth-order valence-corrected chi connectivity index (χ4v) is 3.93. The Morgan fingerprint density at radius 1 is 1.06 bits per heavy atom. The lowest BCUT2D eigenvalue weighted by molar-refractivity contribution is -0.535. The molecule has 4 rings (SSSR count). The van der Waals surface area contributed by atoms with Gasteiger partial charge in [-0.25, -0.2) is 14.5 Å². The Balaban J connectivity index is 1.71. The molecule has 2 heterocycles. The lowest BCUT2D eigenvalue weighted by Gasteiger charge is -2.27.